The standard InChI is InChI=1S/C13H13BrClNO/c14-13-3-1-2-11(13)8-16-17-9-10-4-6-12(15)7-5-10/h4-8H,1-3,9H2/b16-8+. The predicted octanol–water partition coefficient (Wildman–Crippen LogP) is 4.68. The minimum absolute atomic E-state index is 0.471. The molecule has 0 saturated carbocycles. The summed E-state index contributed by atoms with van der Waals surface area (Å²) in [4.78, 5) is 5.24. The summed E-state index contributed by atoms with van der Waals surface area (Å²) >= 11 is 9.32. The van der Waals surface area contributed by atoms with E-state index < -0.39 is 0 Å². The van der Waals surface area contributed by atoms with Gasteiger partial charge in [0.1, 0.15) is 6.61 Å². The quantitative estimate of drug-likeness (QED) is 0.584. The highest BCUT2D eigenvalue weighted by Crippen LogP contribution is 2.28. The summed E-state index contributed by atoms with van der Waals surface area (Å²) in [6.45, 7) is 0.471. The van der Waals surface area contributed by atoms with Gasteiger partial charge >= 0.3 is 0 Å². The zero-order valence-corrected chi connectivity index (χ0v) is 11.7. The molecule has 0 spiro atoms. The van der Waals surface area contributed by atoms with Crippen LogP contribution in [0.2, 0.25) is 5.02 Å². The van der Waals surface area contributed by atoms with E-state index in [1.807, 2.05) is 24.3 Å². The molecule has 90 valence electrons. The molecule has 2 rings (SSSR count). The van der Waals surface area contributed by atoms with Crippen molar-refractivity contribution in [1.82, 2.24) is 0 Å². The molecule has 0 fully saturated rings. The number of halogens is 2. The molecule has 1 aromatic rings. The molecule has 0 aliphatic heterocycles. The molecule has 2 nitrogen and oxygen atoms in total. The summed E-state index contributed by atoms with van der Waals surface area (Å²) in [5.74, 6) is 0. The zero-order valence-electron chi connectivity index (χ0n) is 9.33. The number of hydrogen-bond donors (Lipinski definition) is 0. The van der Waals surface area contributed by atoms with Gasteiger partial charge < -0.3 is 4.84 Å². The van der Waals surface area contributed by atoms with E-state index in [0.29, 0.717) is 6.61 Å². The van der Waals surface area contributed by atoms with E-state index in [1.165, 1.54) is 16.5 Å². The van der Waals surface area contributed by atoms with Crippen LogP contribution >= 0.6 is 27.5 Å². The van der Waals surface area contributed by atoms with Crippen LogP contribution in [-0.4, -0.2) is 6.21 Å². The average molecular weight is 315 g/mol. The van der Waals surface area contributed by atoms with Gasteiger partial charge in [0.05, 0.1) is 6.21 Å². The Balaban J connectivity index is 1.81. The van der Waals surface area contributed by atoms with Crippen LogP contribution in [0.4, 0.5) is 0 Å². The van der Waals surface area contributed by atoms with E-state index in [4.69, 9.17) is 16.4 Å². The van der Waals surface area contributed by atoms with Gasteiger partial charge in [-0.2, -0.15) is 0 Å². The Morgan fingerprint density at radius 3 is 2.71 bits per heavy atom. The van der Waals surface area contributed by atoms with E-state index in [0.717, 1.165) is 23.4 Å². The maximum Gasteiger partial charge on any atom is 0.142 e. The van der Waals surface area contributed by atoms with E-state index in [2.05, 4.69) is 21.1 Å². The third-order valence-corrected chi connectivity index (χ3v) is 3.78. The van der Waals surface area contributed by atoms with Crippen molar-refractivity contribution in [2.45, 2.75) is 25.9 Å². The fourth-order valence-corrected chi connectivity index (χ4v) is 2.37. The van der Waals surface area contributed by atoms with E-state index in [1.54, 1.807) is 6.21 Å². The van der Waals surface area contributed by atoms with Gasteiger partial charge in [-0.3, -0.25) is 0 Å². The first-order chi connectivity index (χ1) is 8.25. The van der Waals surface area contributed by atoms with Gasteiger partial charge in [-0.05, 0) is 47.0 Å². The van der Waals surface area contributed by atoms with Crippen LogP contribution in [0.1, 0.15) is 24.8 Å². The normalized spacial score (nSPS) is 15.9. The summed E-state index contributed by atoms with van der Waals surface area (Å²) in [6, 6.07) is 7.56. The Bertz CT molecular complexity index is 439. The van der Waals surface area contributed by atoms with Gasteiger partial charge in [0.15, 0.2) is 0 Å². The smallest absolute Gasteiger partial charge is 0.142 e. The van der Waals surface area contributed by atoms with Gasteiger partial charge in [-0.25, -0.2) is 0 Å². The second-order valence-corrected chi connectivity index (χ2v) is 5.31. The van der Waals surface area contributed by atoms with Crippen molar-refractivity contribution in [3.05, 3.63) is 44.9 Å². The summed E-state index contributed by atoms with van der Waals surface area (Å²) in [5, 5.41) is 4.71. The van der Waals surface area contributed by atoms with Gasteiger partial charge in [0.2, 0.25) is 0 Å². The number of rotatable bonds is 4. The average Bonchev–Trinajstić information content (AvgIpc) is 2.73. The first kappa shape index (κ1) is 12.7. The number of allylic oxidation sites excluding steroid dienone is 2. The van der Waals surface area contributed by atoms with Crippen LogP contribution in [-0.2, 0) is 11.4 Å². The lowest BCUT2D eigenvalue weighted by Gasteiger charge is -2.00. The van der Waals surface area contributed by atoms with Gasteiger partial charge in [0.25, 0.3) is 0 Å². The topological polar surface area (TPSA) is 21.6 Å². The maximum atomic E-state index is 5.79. The molecular weight excluding hydrogens is 302 g/mol. The number of oxime groups is 1. The van der Waals surface area contributed by atoms with Crippen molar-refractivity contribution in [2.24, 2.45) is 5.16 Å². The van der Waals surface area contributed by atoms with Crippen molar-refractivity contribution in [3.8, 4) is 0 Å². The summed E-state index contributed by atoms with van der Waals surface area (Å²) in [7, 11) is 0. The maximum absolute atomic E-state index is 5.79. The van der Waals surface area contributed by atoms with Gasteiger partial charge in [-0.1, -0.05) is 44.8 Å². The Morgan fingerprint density at radius 2 is 2.06 bits per heavy atom. The molecule has 0 bridgehead atoms. The highest BCUT2D eigenvalue weighted by molar-refractivity contribution is 9.11. The summed E-state index contributed by atoms with van der Waals surface area (Å²) < 4.78 is 1.25. The Kier molecular flexibility index (Phi) is 4.63. The van der Waals surface area contributed by atoms with Crippen LogP contribution in [0.5, 0.6) is 0 Å². The SMILES string of the molecule is Clc1ccc(CO/N=C/C2=C(Br)CCC2)cc1. The van der Waals surface area contributed by atoms with Crippen molar-refractivity contribution >= 4 is 33.7 Å². The van der Waals surface area contributed by atoms with Crippen molar-refractivity contribution in [3.63, 3.8) is 0 Å². The molecule has 0 heterocycles. The van der Waals surface area contributed by atoms with E-state index in [9.17, 15) is 0 Å². The van der Waals surface area contributed by atoms with Crippen molar-refractivity contribution < 1.29 is 4.84 Å². The summed E-state index contributed by atoms with van der Waals surface area (Å²) in [6.07, 6.45) is 5.18. The molecule has 0 unspecified atom stereocenters. The van der Waals surface area contributed by atoms with Gasteiger partial charge in [0, 0.05) is 5.02 Å². The first-order valence-corrected chi connectivity index (χ1v) is 6.70. The first-order valence-electron chi connectivity index (χ1n) is 5.53. The predicted molar refractivity (Wildman–Crippen MR) is 74.5 cm³/mol. The zero-order chi connectivity index (χ0) is 12.1. The second-order valence-electron chi connectivity index (χ2n) is 3.92. The molecular formula is C13H13BrClNO. The monoisotopic (exact) mass is 313 g/mol. The molecule has 1 aliphatic rings. The van der Waals surface area contributed by atoms with E-state index in [-0.39, 0.29) is 0 Å². The van der Waals surface area contributed by atoms with Crippen LogP contribution in [0.15, 0.2) is 39.5 Å². The number of nitrogens with zero attached hydrogens (tertiary/aromatic N) is 1. The molecule has 1 aromatic carbocycles. The third kappa shape index (κ3) is 3.86. The highest BCUT2D eigenvalue weighted by Gasteiger charge is 2.09. The Morgan fingerprint density at radius 1 is 1.29 bits per heavy atom. The van der Waals surface area contributed by atoms with Crippen LogP contribution < -0.4 is 0 Å². The molecule has 4 heteroatoms. The fraction of sp³-hybridized carbons (Fsp3) is 0.308. The summed E-state index contributed by atoms with van der Waals surface area (Å²) in [5.41, 5.74) is 2.30. The molecule has 1 aliphatic carbocycles. The highest BCUT2D eigenvalue weighted by atomic mass is 79.9. The Hall–Kier alpha value is -0.800. The molecule has 0 N–H and O–H groups in total. The molecule has 0 amide bonds. The lowest BCUT2D eigenvalue weighted by Crippen LogP contribution is -1.88. The Labute approximate surface area is 114 Å². The molecule has 0 atom stereocenters. The third-order valence-electron chi connectivity index (χ3n) is 2.62. The van der Waals surface area contributed by atoms with Crippen LogP contribution in [0, 0.1) is 0 Å². The number of benzene rings is 1. The van der Waals surface area contributed by atoms with Crippen molar-refractivity contribution in [1.29, 1.82) is 0 Å². The van der Waals surface area contributed by atoms with Crippen molar-refractivity contribution in [2.75, 3.05) is 0 Å². The molecule has 0 saturated heterocycles. The largest absolute Gasteiger partial charge is 0.391 e. The minimum Gasteiger partial charge on any atom is -0.391 e. The van der Waals surface area contributed by atoms with Gasteiger partial charge in [-0.15, -0.1) is 0 Å². The lowest BCUT2D eigenvalue weighted by atomic mass is 10.2. The number of hydrogen-bond acceptors (Lipinski definition) is 2. The molecule has 0 aromatic heterocycles. The molecule has 0 radical (unpaired) electrons. The minimum atomic E-state index is 0.471. The molecule has 17 heavy (non-hydrogen) atoms. The second kappa shape index (κ2) is 6.22. The van der Waals surface area contributed by atoms with Crippen LogP contribution in [0.3, 0.4) is 0 Å². The fourth-order valence-electron chi connectivity index (χ4n) is 1.66. The lowest BCUT2D eigenvalue weighted by molar-refractivity contribution is 0.132. The van der Waals surface area contributed by atoms with E-state index >= 15 is 0 Å². The van der Waals surface area contributed by atoms with Crippen LogP contribution in [0.25, 0.3) is 0 Å².